The van der Waals surface area contributed by atoms with Crippen molar-refractivity contribution in [1.82, 2.24) is 10.2 Å². The maximum absolute atomic E-state index is 13.5. The van der Waals surface area contributed by atoms with Gasteiger partial charge in [0.15, 0.2) is 0 Å². The van der Waals surface area contributed by atoms with Crippen molar-refractivity contribution in [3.63, 3.8) is 0 Å². The van der Waals surface area contributed by atoms with Crippen LogP contribution < -0.4 is 9.62 Å². The number of rotatable bonds is 11. The normalized spacial score (nSPS) is 12.1. The Morgan fingerprint density at radius 1 is 1.17 bits per heavy atom. The van der Waals surface area contributed by atoms with Crippen LogP contribution in [0.2, 0.25) is 10.0 Å². The summed E-state index contributed by atoms with van der Waals surface area (Å²) >= 11 is 12.3. The van der Waals surface area contributed by atoms with Gasteiger partial charge in [0.2, 0.25) is 21.8 Å². The number of hydrogen-bond acceptors (Lipinski definition) is 6. The van der Waals surface area contributed by atoms with E-state index in [0.29, 0.717) is 29.1 Å². The molecule has 0 bridgehead atoms. The molecule has 13 heteroatoms. The maximum atomic E-state index is 13.5. The number of nitro groups is 1. The van der Waals surface area contributed by atoms with Gasteiger partial charge >= 0.3 is 0 Å². The molecule has 36 heavy (non-hydrogen) atoms. The van der Waals surface area contributed by atoms with Crippen LogP contribution in [0.15, 0.2) is 36.4 Å². The fraction of sp³-hybridized carbons (Fsp3) is 0.391. The van der Waals surface area contributed by atoms with Crippen molar-refractivity contribution in [1.29, 1.82) is 0 Å². The molecule has 0 saturated heterocycles. The summed E-state index contributed by atoms with van der Waals surface area (Å²) in [4.78, 5) is 38.1. The van der Waals surface area contributed by atoms with Gasteiger partial charge in [-0.1, -0.05) is 42.3 Å². The zero-order valence-corrected chi connectivity index (χ0v) is 22.7. The van der Waals surface area contributed by atoms with E-state index in [1.807, 2.05) is 6.92 Å². The summed E-state index contributed by atoms with van der Waals surface area (Å²) in [6.45, 7) is 4.60. The molecule has 1 N–H and O–H groups in total. The van der Waals surface area contributed by atoms with Gasteiger partial charge in [0, 0.05) is 35.3 Å². The van der Waals surface area contributed by atoms with Gasteiger partial charge in [-0.05, 0) is 43.5 Å². The van der Waals surface area contributed by atoms with E-state index in [0.717, 1.165) is 16.6 Å². The van der Waals surface area contributed by atoms with Crippen molar-refractivity contribution in [3.05, 3.63) is 67.7 Å². The lowest BCUT2D eigenvalue weighted by molar-refractivity contribution is -0.384. The maximum Gasteiger partial charge on any atom is 0.271 e. The number of nitro benzene ring substituents is 1. The number of benzene rings is 2. The van der Waals surface area contributed by atoms with Crippen molar-refractivity contribution >= 4 is 56.4 Å². The highest BCUT2D eigenvalue weighted by Gasteiger charge is 2.31. The van der Waals surface area contributed by atoms with E-state index in [1.165, 1.54) is 30.0 Å². The molecule has 1 atom stereocenters. The molecule has 0 unspecified atom stereocenters. The first-order valence-electron chi connectivity index (χ1n) is 11.0. The molecule has 196 valence electrons. The number of sulfonamides is 1. The van der Waals surface area contributed by atoms with Gasteiger partial charge in [-0.15, -0.1) is 0 Å². The number of anilines is 1. The van der Waals surface area contributed by atoms with Crippen LogP contribution in [0.5, 0.6) is 0 Å². The number of hydrogen-bond donors (Lipinski definition) is 1. The molecule has 2 aromatic rings. The van der Waals surface area contributed by atoms with Gasteiger partial charge in [-0.25, -0.2) is 8.42 Å². The predicted octanol–water partition coefficient (Wildman–Crippen LogP) is 3.92. The Labute approximate surface area is 220 Å². The summed E-state index contributed by atoms with van der Waals surface area (Å²) in [5, 5.41) is 14.7. The second-order valence-electron chi connectivity index (χ2n) is 8.22. The molecule has 2 aromatic carbocycles. The molecule has 0 heterocycles. The van der Waals surface area contributed by atoms with E-state index in [4.69, 9.17) is 23.2 Å². The van der Waals surface area contributed by atoms with E-state index in [1.54, 1.807) is 19.1 Å². The topological polar surface area (TPSA) is 130 Å². The fourth-order valence-corrected chi connectivity index (χ4v) is 4.75. The largest absolute Gasteiger partial charge is 0.354 e. The zero-order chi connectivity index (χ0) is 27.2. The number of non-ortho nitro benzene ring substituents is 1. The van der Waals surface area contributed by atoms with Crippen LogP contribution in [-0.4, -0.2) is 55.4 Å². The number of amides is 2. The predicted molar refractivity (Wildman–Crippen MR) is 140 cm³/mol. The molecule has 0 spiro atoms. The molecule has 2 rings (SSSR count). The number of nitrogens with zero attached hydrogens (tertiary/aromatic N) is 3. The minimum absolute atomic E-state index is 0.00684. The third kappa shape index (κ3) is 7.55. The molecular weight excluding hydrogens is 531 g/mol. The number of nitrogens with one attached hydrogen (secondary N) is 1. The van der Waals surface area contributed by atoms with Gasteiger partial charge in [0.05, 0.1) is 16.9 Å². The van der Waals surface area contributed by atoms with Gasteiger partial charge in [-0.3, -0.25) is 24.0 Å². The lowest BCUT2D eigenvalue weighted by Gasteiger charge is -2.32. The number of halogens is 2. The minimum atomic E-state index is -4.04. The third-order valence-electron chi connectivity index (χ3n) is 5.42. The van der Waals surface area contributed by atoms with Gasteiger partial charge in [-0.2, -0.15) is 0 Å². The van der Waals surface area contributed by atoms with Crippen LogP contribution >= 0.6 is 23.2 Å². The first-order valence-corrected chi connectivity index (χ1v) is 13.6. The monoisotopic (exact) mass is 558 g/mol. The minimum Gasteiger partial charge on any atom is -0.354 e. The zero-order valence-electron chi connectivity index (χ0n) is 20.3. The Morgan fingerprint density at radius 2 is 1.83 bits per heavy atom. The molecule has 0 aliphatic rings. The van der Waals surface area contributed by atoms with Crippen LogP contribution in [-0.2, 0) is 26.2 Å². The van der Waals surface area contributed by atoms with Gasteiger partial charge in [0.25, 0.3) is 5.69 Å². The highest BCUT2D eigenvalue weighted by molar-refractivity contribution is 7.92. The van der Waals surface area contributed by atoms with Crippen LogP contribution in [0.3, 0.4) is 0 Å². The molecule has 0 aliphatic carbocycles. The summed E-state index contributed by atoms with van der Waals surface area (Å²) in [6, 6.07) is 7.48. The van der Waals surface area contributed by atoms with E-state index in [2.05, 4.69) is 5.32 Å². The van der Waals surface area contributed by atoms with Crippen molar-refractivity contribution in [3.8, 4) is 0 Å². The van der Waals surface area contributed by atoms with Crippen molar-refractivity contribution in [2.75, 3.05) is 23.7 Å². The Balaban J connectivity index is 2.50. The molecule has 0 aliphatic heterocycles. The smallest absolute Gasteiger partial charge is 0.271 e. The first kappa shape index (κ1) is 29.3. The quantitative estimate of drug-likeness (QED) is 0.328. The lowest BCUT2D eigenvalue weighted by atomic mass is 10.1. The summed E-state index contributed by atoms with van der Waals surface area (Å²) in [5.74, 6) is -1.12. The molecular formula is C23H28Cl2N4O6S. The molecule has 0 saturated carbocycles. The van der Waals surface area contributed by atoms with Crippen molar-refractivity contribution in [2.45, 2.75) is 39.8 Å². The van der Waals surface area contributed by atoms with Gasteiger partial charge in [0.1, 0.15) is 12.6 Å². The van der Waals surface area contributed by atoms with Crippen LogP contribution in [0.4, 0.5) is 11.4 Å². The molecule has 0 radical (unpaired) electrons. The van der Waals surface area contributed by atoms with Gasteiger partial charge < -0.3 is 10.2 Å². The summed E-state index contributed by atoms with van der Waals surface area (Å²) < 4.78 is 26.2. The van der Waals surface area contributed by atoms with Crippen molar-refractivity contribution in [2.24, 2.45) is 0 Å². The lowest BCUT2D eigenvalue weighted by Crippen LogP contribution is -2.51. The SMILES string of the molecule is CCCNC(=O)[C@H](C)N(Cc1ccc(Cl)cc1Cl)C(=O)CN(c1cc([N+](=O)[O-])ccc1C)S(C)(=O)=O. The standard InChI is InChI=1S/C23H28Cl2N4O6S/c1-5-10-26-23(31)16(3)27(13-17-7-8-18(24)11-20(17)25)22(30)14-28(36(4,34)35)21-12-19(29(32)33)9-6-15(21)2/h6-9,11-12,16H,5,10,13-14H2,1-4H3,(H,26,31)/t16-/m0/s1. The third-order valence-corrected chi connectivity index (χ3v) is 7.14. The van der Waals surface area contributed by atoms with E-state index in [9.17, 15) is 28.1 Å². The summed E-state index contributed by atoms with van der Waals surface area (Å²) in [6.07, 6.45) is 1.58. The number of carbonyl (C=O) groups is 2. The molecule has 10 nitrogen and oxygen atoms in total. The number of aryl methyl sites for hydroxylation is 1. The highest BCUT2D eigenvalue weighted by atomic mass is 35.5. The second kappa shape index (κ2) is 12.4. The summed E-state index contributed by atoms with van der Waals surface area (Å²) in [7, 11) is -4.04. The Bertz CT molecular complexity index is 1260. The van der Waals surface area contributed by atoms with E-state index >= 15 is 0 Å². The van der Waals surface area contributed by atoms with Crippen LogP contribution in [0.1, 0.15) is 31.4 Å². The first-order chi connectivity index (χ1) is 16.8. The van der Waals surface area contributed by atoms with E-state index < -0.39 is 39.3 Å². The molecule has 2 amide bonds. The molecule has 0 fully saturated rings. The summed E-state index contributed by atoms with van der Waals surface area (Å²) in [5.41, 5.74) is 0.586. The average Bonchev–Trinajstić information content (AvgIpc) is 2.79. The molecule has 0 aromatic heterocycles. The Kier molecular flexibility index (Phi) is 10.1. The van der Waals surface area contributed by atoms with Crippen LogP contribution in [0.25, 0.3) is 0 Å². The fourth-order valence-electron chi connectivity index (χ4n) is 3.39. The average molecular weight is 559 g/mol. The van der Waals surface area contributed by atoms with E-state index in [-0.39, 0.29) is 22.9 Å². The highest BCUT2D eigenvalue weighted by Crippen LogP contribution is 2.28. The van der Waals surface area contributed by atoms with Crippen LogP contribution in [0, 0.1) is 17.0 Å². The Morgan fingerprint density at radius 3 is 2.39 bits per heavy atom. The second-order valence-corrected chi connectivity index (χ2v) is 11.0. The number of carbonyl (C=O) groups excluding carboxylic acids is 2. The Hall–Kier alpha value is -2.89. The van der Waals surface area contributed by atoms with Crippen molar-refractivity contribution < 1.29 is 22.9 Å².